The molecule has 0 aromatic heterocycles. The van der Waals surface area contributed by atoms with E-state index in [2.05, 4.69) is 37.4 Å². The van der Waals surface area contributed by atoms with Gasteiger partial charge < -0.3 is 10.4 Å². The van der Waals surface area contributed by atoms with Crippen LogP contribution in [0.1, 0.15) is 30.9 Å². The maximum atomic E-state index is 9.47. The summed E-state index contributed by atoms with van der Waals surface area (Å²) in [6.45, 7) is 4.50. The van der Waals surface area contributed by atoms with Crippen molar-refractivity contribution in [2.45, 2.75) is 38.6 Å². The van der Waals surface area contributed by atoms with Gasteiger partial charge in [0, 0.05) is 5.69 Å². The van der Waals surface area contributed by atoms with E-state index in [9.17, 15) is 5.11 Å². The molecule has 0 amide bonds. The Bertz CT molecular complexity index is 356. The molecule has 1 unspecified atom stereocenters. The predicted molar refractivity (Wildman–Crippen MR) is 63.2 cm³/mol. The van der Waals surface area contributed by atoms with Crippen molar-refractivity contribution in [3.05, 3.63) is 29.3 Å². The van der Waals surface area contributed by atoms with Crippen molar-refractivity contribution in [1.29, 1.82) is 0 Å². The zero-order valence-electron chi connectivity index (χ0n) is 9.51. The summed E-state index contributed by atoms with van der Waals surface area (Å²) in [7, 11) is 0. The Morgan fingerprint density at radius 1 is 1.47 bits per heavy atom. The number of nitrogens with one attached hydrogen (secondary N) is 1. The van der Waals surface area contributed by atoms with E-state index in [1.807, 2.05) is 0 Å². The highest BCUT2D eigenvalue weighted by atomic mass is 16.3. The van der Waals surface area contributed by atoms with Gasteiger partial charge in [0.25, 0.3) is 0 Å². The molecule has 2 rings (SSSR count). The topological polar surface area (TPSA) is 32.3 Å². The molecule has 1 aromatic rings. The van der Waals surface area contributed by atoms with Gasteiger partial charge in [-0.3, -0.25) is 0 Å². The average Bonchev–Trinajstić information content (AvgIpc) is 2.29. The van der Waals surface area contributed by atoms with Crippen molar-refractivity contribution in [3.63, 3.8) is 0 Å². The Morgan fingerprint density at radius 3 is 2.93 bits per heavy atom. The second kappa shape index (κ2) is 3.86. The first-order valence-corrected chi connectivity index (χ1v) is 5.68. The largest absolute Gasteiger partial charge is 0.394 e. The standard InChI is InChI=1S/C13H19NO/c1-3-13(9-15)8-7-11-10(2)5-4-6-12(11)14-13/h4-6,14-15H,3,7-9H2,1-2H3. The number of aliphatic hydroxyl groups excluding tert-OH is 1. The molecule has 0 saturated heterocycles. The van der Waals surface area contributed by atoms with Crippen molar-refractivity contribution in [2.75, 3.05) is 11.9 Å². The molecule has 82 valence electrons. The van der Waals surface area contributed by atoms with Crippen LogP contribution in [0.3, 0.4) is 0 Å². The molecule has 2 nitrogen and oxygen atoms in total. The zero-order valence-corrected chi connectivity index (χ0v) is 9.51. The molecule has 0 aliphatic carbocycles. The molecule has 0 radical (unpaired) electrons. The van der Waals surface area contributed by atoms with E-state index in [4.69, 9.17) is 0 Å². The third-order valence-electron chi connectivity index (χ3n) is 3.64. The third-order valence-corrected chi connectivity index (χ3v) is 3.64. The van der Waals surface area contributed by atoms with Gasteiger partial charge in [-0.05, 0) is 43.4 Å². The molecular weight excluding hydrogens is 186 g/mol. The van der Waals surface area contributed by atoms with Crippen LogP contribution in [0, 0.1) is 6.92 Å². The molecule has 2 N–H and O–H groups in total. The quantitative estimate of drug-likeness (QED) is 0.777. The van der Waals surface area contributed by atoms with Gasteiger partial charge in [-0.2, -0.15) is 0 Å². The van der Waals surface area contributed by atoms with Crippen LogP contribution in [0.15, 0.2) is 18.2 Å². The van der Waals surface area contributed by atoms with Gasteiger partial charge in [-0.15, -0.1) is 0 Å². The molecule has 15 heavy (non-hydrogen) atoms. The Labute approximate surface area is 91.3 Å². The van der Waals surface area contributed by atoms with E-state index < -0.39 is 0 Å². The smallest absolute Gasteiger partial charge is 0.0661 e. The molecule has 0 bridgehead atoms. The summed E-state index contributed by atoms with van der Waals surface area (Å²) in [4.78, 5) is 0. The molecule has 1 aliphatic heterocycles. The Balaban J connectivity index is 2.34. The normalized spacial score (nSPS) is 24.5. The number of hydrogen-bond acceptors (Lipinski definition) is 2. The molecule has 0 spiro atoms. The van der Waals surface area contributed by atoms with Crippen LogP contribution in [0.25, 0.3) is 0 Å². The third kappa shape index (κ3) is 1.74. The van der Waals surface area contributed by atoms with Gasteiger partial charge in [0.15, 0.2) is 0 Å². The summed E-state index contributed by atoms with van der Waals surface area (Å²) in [5.41, 5.74) is 3.87. The average molecular weight is 205 g/mol. The summed E-state index contributed by atoms with van der Waals surface area (Å²) in [6, 6.07) is 6.34. The number of aryl methyl sites for hydroxylation is 1. The fourth-order valence-corrected chi connectivity index (χ4v) is 2.36. The fourth-order valence-electron chi connectivity index (χ4n) is 2.36. The lowest BCUT2D eigenvalue weighted by atomic mass is 9.83. The zero-order chi connectivity index (χ0) is 10.9. The lowest BCUT2D eigenvalue weighted by Gasteiger charge is -2.38. The van der Waals surface area contributed by atoms with Gasteiger partial charge in [0.1, 0.15) is 0 Å². The highest BCUT2D eigenvalue weighted by Gasteiger charge is 2.31. The molecule has 0 saturated carbocycles. The van der Waals surface area contributed by atoms with Crippen LogP contribution >= 0.6 is 0 Å². The van der Waals surface area contributed by atoms with Gasteiger partial charge >= 0.3 is 0 Å². The summed E-state index contributed by atoms with van der Waals surface area (Å²) < 4.78 is 0. The van der Waals surface area contributed by atoms with Gasteiger partial charge in [0.05, 0.1) is 12.1 Å². The van der Waals surface area contributed by atoms with Gasteiger partial charge in [0.2, 0.25) is 0 Å². The molecule has 1 atom stereocenters. The van der Waals surface area contributed by atoms with Crippen molar-refractivity contribution in [1.82, 2.24) is 0 Å². The number of anilines is 1. The highest BCUT2D eigenvalue weighted by Crippen LogP contribution is 2.34. The SMILES string of the molecule is CCC1(CO)CCc2c(C)cccc2N1. The maximum Gasteiger partial charge on any atom is 0.0661 e. The second-order valence-corrected chi connectivity index (χ2v) is 4.52. The van der Waals surface area contributed by atoms with Crippen LogP contribution in [0.4, 0.5) is 5.69 Å². The Hall–Kier alpha value is -1.02. The Kier molecular flexibility index (Phi) is 2.70. The second-order valence-electron chi connectivity index (χ2n) is 4.52. The Morgan fingerprint density at radius 2 is 2.27 bits per heavy atom. The van der Waals surface area contributed by atoms with Gasteiger partial charge in [-0.25, -0.2) is 0 Å². The van der Waals surface area contributed by atoms with Crippen LogP contribution in [0.2, 0.25) is 0 Å². The number of rotatable bonds is 2. The van der Waals surface area contributed by atoms with Crippen LogP contribution in [-0.2, 0) is 6.42 Å². The van der Waals surface area contributed by atoms with E-state index in [1.165, 1.54) is 16.8 Å². The first-order chi connectivity index (χ1) is 7.21. The van der Waals surface area contributed by atoms with Crippen molar-refractivity contribution < 1.29 is 5.11 Å². The summed E-state index contributed by atoms with van der Waals surface area (Å²) in [5.74, 6) is 0. The lowest BCUT2D eigenvalue weighted by molar-refractivity contribution is 0.195. The summed E-state index contributed by atoms with van der Waals surface area (Å²) in [5, 5.41) is 13.0. The van der Waals surface area contributed by atoms with Crippen LogP contribution in [-0.4, -0.2) is 17.3 Å². The molecule has 1 heterocycles. The number of fused-ring (bicyclic) bond motifs is 1. The molecule has 0 fully saturated rings. The van der Waals surface area contributed by atoms with Crippen molar-refractivity contribution in [2.24, 2.45) is 0 Å². The highest BCUT2D eigenvalue weighted by molar-refractivity contribution is 5.58. The first kappa shape index (κ1) is 10.5. The number of aliphatic hydroxyl groups is 1. The van der Waals surface area contributed by atoms with E-state index in [1.54, 1.807) is 0 Å². The fraction of sp³-hybridized carbons (Fsp3) is 0.538. The number of benzene rings is 1. The van der Waals surface area contributed by atoms with Crippen molar-refractivity contribution >= 4 is 5.69 Å². The molecular formula is C13H19NO. The van der Waals surface area contributed by atoms with E-state index in [-0.39, 0.29) is 12.1 Å². The minimum atomic E-state index is -0.0964. The summed E-state index contributed by atoms with van der Waals surface area (Å²) in [6.07, 6.45) is 3.07. The van der Waals surface area contributed by atoms with Gasteiger partial charge in [-0.1, -0.05) is 19.1 Å². The van der Waals surface area contributed by atoms with E-state index in [0.717, 1.165) is 19.3 Å². The minimum absolute atomic E-state index is 0.0964. The summed E-state index contributed by atoms with van der Waals surface area (Å²) >= 11 is 0. The lowest BCUT2D eigenvalue weighted by Crippen LogP contribution is -2.44. The predicted octanol–water partition coefficient (Wildman–Crippen LogP) is 2.49. The van der Waals surface area contributed by atoms with E-state index >= 15 is 0 Å². The monoisotopic (exact) mass is 205 g/mol. The molecule has 1 aromatic carbocycles. The van der Waals surface area contributed by atoms with Crippen LogP contribution in [0.5, 0.6) is 0 Å². The minimum Gasteiger partial charge on any atom is -0.394 e. The molecule has 2 heteroatoms. The van der Waals surface area contributed by atoms with E-state index in [0.29, 0.717) is 0 Å². The van der Waals surface area contributed by atoms with Crippen molar-refractivity contribution in [3.8, 4) is 0 Å². The first-order valence-electron chi connectivity index (χ1n) is 5.68. The van der Waals surface area contributed by atoms with Crippen LogP contribution < -0.4 is 5.32 Å². The number of hydrogen-bond donors (Lipinski definition) is 2. The molecule has 1 aliphatic rings. The maximum absolute atomic E-state index is 9.47.